The molecule has 0 bridgehead atoms. The first-order valence-electron chi connectivity index (χ1n) is 7.79. The highest BCUT2D eigenvalue weighted by atomic mass is 16.6. The van der Waals surface area contributed by atoms with E-state index in [0.29, 0.717) is 12.0 Å². The summed E-state index contributed by atoms with van der Waals surface area (Å²) in [5.74, 6) is 0.507. The van der Waals surface area contributed by atoms with Gasteiger partial charge in [0.1, 0.15) is 11.1 Å². The van der Waals surface area contributed by atoms with E-state index >= 15 is 0 Å². The summed E-state index contributed by atoms with van der Waals surface area (Å²) in [7, 11) is 1.74. The van der Waals surface area contributed by atoms with Crippen LogP contribution in [0.4, 0.5) is 0 Å². The average Bonchev–Trinajstić information content (AvgIpc) is 2.82. The van der Waals surface area contributed by atoms with Gasteiger partial charge >= 0.3 is 5.97 Å². The van der Waals surface area contributed by atoms with Crippen LogP contribution in [0.15, 0.2) is 0 Å². The van der Waals surface area contributed by atoms with Crippen LogP contribution in [-0.2, 0) is 14.3 Å². The van der Waals surface area contributed by atoms with Crippen LogP contribution in [0.25, 0.3) is 0 Å². The molecular formula is C16H29NO3. The van der Waals surface area contributed by atoms with Gasteiger partial charge in [0.15, 0.2) is 0 Å². The Bertz CT molecular complexity index is 363. The molecule has 116 valence electrons. The van der Waals surface area contributed by atoms with E-state index in [1.54, 1.807) is 7.11 Å². The molecule has 3 atom stereocenters. The molecule has 4 heteroatoms. The summed E-state index contributed by atoms with van der Waals surface area (Å²) in [6.45, 7) is 9.86. The molecule has 20 heavy (non-hydrogen) atoms. The number of hydrogen-bond donors (Lipinski definition) is 0. The van der Waals surface area contributed by atoms with Gasteiger partial charge in [-0.15, -0.1) is 0 Å². The zero-order chi connectivity index (χ0) is 15.0. The molecule has 0 aromatic rings. The van der Waals surface area contributed by atoms with Crippen molar-refractivity contribution < 1.29 is 14.3 Å². The highest BCUT2D eigenvalue weighted by molar-refractivity contribution is 5.82. The summed E-state index contributed by atoms with van der Waals surface area (Å²) in [4.78, 5) is 15.1. The van der Waals surface area contributed by atoms with Crippen LogP contribution in [-0.4, -0.2) is 48.3 Å². The lowest BCUT2D eigenvalue weighted by atomic mass is 9.89. The molecule has 2 rings (SSSR count). The van der Waals surface area contributed by atoms with Gasteiger partial charge in [-0.3, -0.25) is 9.69 Å². The molecular weight excluding hydrogens is 254 g/mol. The molecule has 0 saturated carbocycles. The number of fused-ring (bicyclic) bond motifs is 1. The lowest BCUT2D eigenvalue weighted by molar-refractivity contribution is -0.167. The predicted octanol–water partition coefficient (Wildman–Crippen LogP) is 2.61. The second kappa shape index (κ2) is 5.64. The van der Waals surface area contributed by atoms with Crippen molar-refractivity contribution in [1.29, 1.82) is 0 Å². The van der Waals surface area contributed by atoms with Crippen molar-refractivity contribution >= 4 is 5.97 Å². The van der Waals surface area contributed by atoms with E-state index in [-0.39, 0.29) is 11.5 Å². The zero-order valence-electron chi connectivity index (χ0n) is 13.6. The standard InChI is InChI=1S/C16H29NO3/c1-12-11-16(14(18)20-15(2,3)4)8-6-9-17(16)13(12)7-10-19-5/h12-13H,6-11H2,1-5H3/t12?,13-,16?/m0/s1. The summed E-state index contributed by atoms with van der Waals surface area (Å²) in [5, 5.41) is 0. The van der Waals surface area contributed by atoms with Crippen molar-refractivity contribution in [1.82, 2.24) is 4.90 Å². The van der Waals surface area contributed by atoms with Gasteiger partial charge in [0.2, 0.25) is 0 Å². The quantitative estimate of drug-likeness (QED) is 0.743. The fourth-order valence-electron chi connectivity index (χ4n) is 3.93. The maximum Gasteiger partial charge on any atom is 0.327 e. The lowest BCUT2D eigenvalue weighted by Gasteiger charge is -2.35. The van der Waals surface area contributed by atoms with Crippen molar-refractivity contribution in [3.05, 3.63) is 0 Å². The maximum absolute atomic E-state index is 12.7. The predicted molar refractivity (Wildman–Crippen MR) is 78.6 cm³/mol. The van der Waals surface area contributed by atoms with E-state index in [9.17, 15) is 4.79 Å². The van der Waals surface area contributed by atoms with E-state index in [4.69, 9.17) is 9.47 Å². The van der Waals surface area contributed by atoms with Gasteiger partial charge in [-0.05, 0) is 58.9 Å². The molecule has 2 unspecified atom stereocenters. The maximum atomic E-state index is 12.7. The van der Waals surface area contributed by atoms with Gasteiger partial charge in [-0.25, -0.2) is 0 Å². The van der Waals surface area contributed by atoms with Crippen LogP contribution >= 0.6 is 0 Å². The summed E-state index contributed by atoms with van der Waals surface area (Å²) in [5.41, 5.74) is -0.779. The van der Waals surface area contributed by atoms with Gasteiger partial charge in [0.05, 0.1) is 0 Å². The van der Waals surface area contributed by atoms with Gasteiger partial charge < -0.3 is 9.47 Å². The summed E-state index contributed by atoms with van der Waals surface area (Å²) < 4.78 is 10.9. The molecule has 0 aliphatic carbocycles. The summed E-state index contributed by atoms with van der Waals surface area (Å²) in [6.07, 6.45) is 3.96. The first-order valence-corrected chi connectivity index (χ1v) is 7.79. The van der Waals surface area contributed by atoms with E-state index in [1.165, 1.54) is 0 Å². The molecule has 0 radical (unpaired) electrons. The number of ether oxygens (including phenoxy) is 2. The fraction of sp³-hybridized carbons (Fsp3) is 0.938. The molecule has 0 aromatic heterocycles. The SMILES string of the molecule is COCC[C@H]1C(C)CC2(C(=O)OC(C)(C)C)CCCN12. The van der Waals surface area contributed by atoms with Crippen molar-refractivity contribution in [2.75, 3.05) is 20.3 Å². The van der Waals surface area contributed by atoms with Crippen molar-refractivity contribution in [3.63, 3.8) is 0 Å². The molecule has 0 N–H and O–H groups in total. The van der Waals surface area contributed by atoms with Gasteiger partial charge in [-0.2, -0.15) is 0 Å². The van der Waals surface area contributed by atoms with Gasteiger partial charge in [-0.1, -0.05) is 6.92 Å². The molecule has 2 heterocycles. The lowest BCUT2D eigenvalue weighted by Crippen LogP contribution is -2.51. The largest absolute Gasteiger partial charge is 0.459 e. The van der Waals surface area contributed by atoms with Crippen LogP contribution in [0, 0.1) is 5.92 Å². The number of methoxy groups -OCH3 is 1. The monoisotopic (exact) mass is 283 g/mol. The van der Waals surface area contributed by atoms with Crippen molar-refractivity contribution in [3.8, 4) is 0 Å². The minimum Gasteiger partial charge on any atom is -0.459 e. The Balaban J connectivity index is 2.15. The topological polar surface area (TPSA) is 38.8 Å². The van der Waals surface area contributed by atoms with Gasteiger partial charge in [0.25, 0.3) is 0 Å². The van der Waals surface area contributed by atoms with Crippen LogP contribution in [0.2, 0.25) is 0 Å². The van der Waals surface area contributed by atoms with E-state index in [2.05, 4.69) is 11.8 Å². The zero-order valence-corrected chi connectivity index (χ0v) is 13.6. The molecule has 2 fully saturated rings. The molecule has 0 amide bonds. The third kappa shape index (κ3) is 2.86. The number of nitrogens with zero attached hydrogens (tertiary/aromatic N) is 1. The molecule has 2 saturated heterocycles. The number of hydrogen-bond acceptors (Lipinski definition) is 4. The third-order valence-corrected chi connectivity index (χ3v) is 4.65. The summed E-state index contributed by atoms with van der Waals surface area (Å²) >= 11 is 0. The van der Waals surface area contributed by atoms with E-state index in [0.717, 1.165) is 38.8 Å². The number of carbonyl (C=O) groups is 1. The Kier molecular flexibility index (Phi) is 4.45. The second-order valence-corrected chi connectivity index (χ2v) is 7.36. The Morgan fingerprint density at radius 2 is 2.10 bits per heavy atom. The minimum atomic E-state index is -0.409. The first kappa shape index (κ1) is 15.8. The minimum absolute atomic E-state index is 0.0192. The number of rotatable bonds is 4. The molecule has 2 aliphatic rings. The van der Waals surface area contributed by atoms with Crippen LogP contribution in [0.1, 0.15) is 53.4 Å². The normalized spacial score (nSPS) is 34.2. The van der Waals surface area contributed by atoms with Crippen LogP contribution in [0.3, 0.4) is 0 Å². The number of carbonyl (C=O) groups excluding carboxylic acids is 1. The third-order valence-electron chi connectivity index (χ3n) is 4.65. The Hall–Kier alpha value is -0.610. The first-order chi connectivity index (χ1) is 9.30. The smallest absolute Gasteiger partial charge is 0.327 e. The van der Waals surface area contributed by atoms with Crippen molar-refractivity contribution in [2.24, 2.45) is 5.92 Å². The van der Waals surface area contributed by atoms with Crippen LogP contribution < -0.4 is 0 Å². The highest BCUT2D eigenvalue weighted by Gasteiger charge is 2.58. The van der Waals surface area contributed by atoms with E-state index < -0.39 is 5.60 Å². The Morgan fingerprint density at radius 1 is 1.40 bits per heavy atom. The molecule has 0 spiro atoms. The Morgan fingerprint density at radius 3 is 2.70 bits per heavy atom. The second-order valence-electron chi connectivity index (χ2n) is 7.36. The van der Waals surface area contributed by atoms with E-state index in [1.807, 2.05) is 20.8 Å². The fourth-order valence-corrected chi connectivity index (χ4v) is 3.93. The molecule has 0 aromatic carbocycles. The number of esters is 1. The highest BCUT2D eigenvalue weighted by Crippen LogP contribution is 2.47. The van der Waals surface area contributed by atoms with Crippen molar-refractivity contribution in [2.45, 2.75) is 70.6 Å². The molecule has 2 aliphatic heterocycles. The molecule has 4 nitrogen and oxygen atoms in total. The summed E-state index contributed by atoms with van der Waals surface area (Å²) in [6, 6.07) is 0.449. The van der Waals surface area contributed by atoms with Gasteiger partial charge in [0, 0.05) is 19.8 Å². The Labute approximate surface area is 122 Å². The average molecular weight is 283 g/mol. The van der Waals surface area contributed by atoms with Crippen LogP contribution in [0.5, 0.6) is 0 Å².